The summed E-state index contributed by atoms with van der Waals surface area (Å²) in [5.41, 5.74) is 7.12. The van der Waals surface area contributed by atoms with Gasteiger partial charge in [0, 0.05) is 23.5 Å². The van der Waals surface area contributed by atoms with Gasteiger partial charge in [-0.3, -0.25) is 15.2 Å². The van der Waals surface area contributed by atoms with Crippen LogP contribution in [0.2, 0.25) is 0 Å². The molecule has 0 saturated heterocycles. The first kappa shape index (κ1) is 15.7. The molecule has 2 aliphatic heterocycles. The number of nitrogens with zero attached hydrogens (tertiary/aromatic N) is 2. The lowest BCUT2D eigenvalue weighted by Gasteiger charge is -2.16. The van der Waals surface area contributed by atoms with Gasteiger partial charge in [-0.1, -0.05) is 49.6 Å². The van der Waals surface area contributed by atoms with Crippen LogP contribution in [0.1, 0.15) is 43.2 Å². The molecule has 0 bridgehead atoms. The molecule has 126 valence electrons. The number of amides is 1. The van der Waals surface area contributed by atoms with Crippen molar-refractivity contribution in [3.8, 4) is 0 Å². The summed E-state index contributed by atoms with van der Waals surface area (Å²) in [6.45, 7) is 0.899. The van der Waals surface area contributed by atoms with Gasteiger partial charge in [0.15, 0.2) is 5.17 Å². The number of anilines is 1. The molecule has 6 heteroatoms. The van der Waals surface area contributed by atoms with Crippen LogP contribution in [0.4, 0.5) is 5.69 Å². The topological polar surface area (TPSA) is 65.8 Å². The minimum Gasteiger partial charge on any atom is -0.326 e. The highest BCUT2D eigenvalue weighted by atomic mass is 32.2. The zero-order valence-corrected chi connectivity index (χ0v) is 14.5. The molecule has 2 N–H and O–H groups in total. The maximum absolute atomic E-state index is 11.5. The molecule has 1 fully saturated rings. The number of rotatable bonds is 4. The van der Waals surface area contributed by atoms with Crippen molar-refractivity contribution in [2.45, 2.75) is 38.5 Å². The van der Waals surface area contributed by atoms with Crippen LogP contribution in [-0.4, -0.2) is 29.1 Å². The lowest BCUT2D eigenvalue weighted by Crippen LogP contribution is -2.25. The predicted molar refractivity (Wildman–Crippen MR) is 99.8 cm³/mol. The highest BCUT2D eigenvalue weighted by Crippen LogP contribution is 2.28. The molecular formula is C18H22N4OS. The third-order valence-corrected chi connectivity index (χ3v) is 5.88. The summed E-state index contributed by atoms with van der Waals surface area (Å²) in [5.74, 6) is 1.75. The van der Waals surface area contributed by atoms with Gasteiger partial charge < -0.3 is 5.32 Å². The summed E-state index contributed by atoms with van der Waals surface area (Å²) in [4.78, 5) is 16.1. The Morgan fingerprint density at radius 2 is 2.17 bits per heavy atom. The Labute approximate surface area is 146 Å². The number of amidine groups is 1. The van der Waals surface area contributed by atoms with Crippen LogP contribution in [0.5, 0.6) is 0 Å². The van der Waals surface area contributed by atoms with Gasteiger partial charge >= 0.3 is 0 Å². The van der Waals surface area contributed by atoms with Crippen LogP contribution in [0, 0.1) is 5.92 Å². The molecule has 1 aliphatic carbocycles. The van der Waals surface area contributed by atoms with Gasteiger partial charge in [0.05, 0.1) is 12.1 Å². The summed E-state index contributed by atoms with van der Waals surface area (Å²) in [5, 5.41) is 8.30. The van der Waals surface area contributed by atoms with Crippen LogP contribution in [0.3, 0.4) is 0 Å². The quantitative estimate of drug-likeness (QED) is 0.883. The molecule has 0 unspecified atom stereocenters. The summed E-state index contributed by atoms with van der Waals surface area (Å²) >= 11 is 1.70. The summed E-state index contributed by atoms with van der Waals surface area (Å²) < 4.78 is 0. The van der Waals surface area contributed by atoms with Gasteiger partial charge in [-0.05, 0) is 24.0 Å². The minimum atomic E-state index is 0.0666. The molecule has 1 aromatic carbocycles. The summed E-state index contributed by atoms with van der Waals surface area (Å²) in [6, 6.07) is 6.08. The number of benzene rings is 1. The number of hydrazone groups is 1. The van der Waals surface area contributed by atoms with Gasteiger partial charge in [0.1, 0.15) is 0 Å². The van der Waals surface area contributed by atoms with E-state index in [0.717, 1.165) is 45.9 Å². The smallest absolute Gasteiger partial charge is 0.228 e. The largest absolute Gasteiger partial charge is 0.326 e. The molecule has 24 heavy (non-hydrogen) atoms. The maximum Gasteiger partial charge on any atom is 0.228 e. The van der Waals surface area contributed by atoms with Crippen LogP contribution in [0.15, 0.2) is 28.3 Å². The van der Waals surface area contributed by atoms with E-state index < -0.39 is 0 Å². The SMILES string of the molecule is O=C1Cc2ccc(C3=NNC(=NCCC4CCCC4)SC3)cc2N1. The molecule has 5 nitrogen and oxygen atoms in total. The molecule has 2 heterocycles. The van der Waals surface area contributed by atoms with E-state index in [1.54, 1.807) is 11.8 Å². The number of fused-ring (bicyclic) bond motifs is 1. The first-order chi connectivity index (χ1) is 11.8. The van der Waals surface area contributed by atoms with E-state index in [-0.39, 0.29) is 5.91 Å². The zero-order chi connectivity index (χ0) is 16.4. The molecule has 1 aromatic rings. The second-order valence-corrected chi connectivity index (χ2v) is 7.65. The minimum absolute atomic E-state index is 0.0666. The lowest BCUT2D eigenvalue weighted by molar-refractivity contribution is -0.115. The van der Waals surface area contributed by atoms with Crippen molar-refractivity contribution in [3.05, 3.63) is 29.3 Å². The van der Waals surface area contributed by atoms with Crippen LogP contribution < -0.4 is 10.7 Å². The third-order valence-electron chi connectivity index (χ3n) is 4.97. The van der Waals surface area contributed by atoms with Crippen LogP contribution >= 0.6 is 11.8 Å². The van der Waals surface area contributed by atoms with E-state index in [2.05, 4.69) is 20.8 Å². The molecule has 1 saturated carbocycles. The lowest BCUT2D eigenvalue weighted by atomic mass is 10.1. The fourth-order valence-electron chi connectivity index (χ4n) is 3.59. The van der Waals surface area contributed by atoms with Gasteiger partial charge in [-0.2, -0.15) is 5.10 Å². The molecule has 1 amide bonds. The maximum atomic E-state index is 11.5. The Kier molecular flexibility index (Phi) is 4.56. The average molecular weight is 342 g/mol. The van der Waals surface area contributed by atoms with E-state index in [1.807, 2.05) is 18.2 Å². The van der Waals surface area contributed by atoms with Gasteiger partial charge in [-0.15, -0.1) is 0 Å². The van der Waals surface area contributed by atoms with Crippen molar-refractivity contribution in [1.29, 1.82) is 0 Å². The number of hydrogen-bond donors (Lipinski definition) is 2. The van der Waals surface area contributed by atoms with Crippen molar-refractivity contribution < 1.29 is 4.79 Å². The standard InChI is InChI=1S/C18H22N4OS/c23-17-10-14-6-5-13(9-15(14)20-17)16-11-24-18(22-21-16)19-8-7-12-3-1-2-4-12/h5-6,9,12H,1-4,7-8,10-11H2,(H,19,22)(H,20,23). The number of thioether (sulfide) groups is 1. The predicted octanol–water partition coefficient (Wildman–Crippen LogP) is 3.16. The Morgan fingerprint density at radius 3 is 2.96 bits per heavy atom. The van der Waals surface area contributed by atoms with Crippen LogP contribution in [0.25, 0.3) is 0 Å². The fourth-order valence-corrected chi connectivity index (χ4v) is 4.38. The Hall–Kier alpha value is -1.82. The van der Waals surface area contributed by atoms with Crippen molar-refractivity contribution in [2.75, 3.05) is 17.6 Å². The number of carbonyl (C=O) groups is 1. The van der Waals surface area contributed by atoms with E-state index in [1.165, 1.54) is 32.1 Å². The first-order valence-corrected chi connectivity index (χ1v) is 9.69. The fraction of sp³-hybridized carbons (Fsp3) is 0.500. The number of aliphatic imine (C=N–C) groups is 1. The normalized spacial score (nSPS) is 22.2. The molecule has 4 rings (SSSR count). The van der Waals surface area contributed by atoms with Gasteiger partial charge in [0.2, 0.25) is 5.91 Å². The van der Waals surface area contributed by atoms with E-state index in [0.29, 0.717) is 6.42 Å². The van der Waals surface area contributed by atoms with Crippen molar-refractivity contribution in [1.82, 2.24) is 5.43 Å². The van der Waals surface area contributed by atoms with E-state index in [9.17, 15) is 4.79 Å². The Balaban J connectivity index is 1.36. The summed E-state index contributed by atoms with van der Waals surface area (Å²) in [7, 11) is 0. The second-order valence-electron chi connectivity index (χ2n) is 6.68. The molecular weight excluding hydrogens is 320 g/mol. The molecule has 0 spiro atoms. The van der Waals surface area contributed by atoms with Gasteiger partial charge in [-0.25, -0.2) is 0 Å². The number of carbonyl (C=O) groups excluding carboxylic acids is 1. The number of hydrogen-bond acceptors (Lipinski definition) is 4. The van der Waals surface area contributed by atoms with Crippen molar-refractivity contribution >= 4 is 34.2 Å². The second kappa shape index (κ2) is 6.97. The first-order valence-electron chi connectivity index (χ1n) is 8.71. The molecule has 0 aromatic heterocycles. The third kappa shape index (κ3) is 3.48. The average Bonchev–Trinajstić information content (AvgIpc) is 3.23. The monoisotopic (exact) mass is 342 g/mol. The van der Waals surface area contributed by atoms with E-state index in [4.69, 9.17) is 0 Å². The summed E-state index contributed by atoms with van der Waals surface area (Å²) in [6.07, 6.45) is 7.22. The Morgan fingerprint density at radius 1 is 1.29 bits per heavy atom. The van der Waals surface area contributed by atoms with Gasteiger partial charge in [0.25, 0.3) is 0 Å². The van der Waals surface area contributed by atoms with Crippen molar-refractivity contribution in [3.63, 3.8) is 0 Å². The molecule has 3 aliphatic rings. The molecule has 0 atom stereocenters. The Bertz CT molecular complexity index is 707. The van der Waals surface area contributed by atoms with E-state index >= 15 is 0 Å². The number of nitrogens with one attached hydrogen (secondary N) is 2. The highest BCUT2D eigenvalue weighted by molar-refractivity contribution is 8.14. The molecule has 0 radical (unpaired) electrons. The van der Waals surface area contributed by atoms with Crippen molar-refractivity contribution in [2.24, 2.45) is 16.0 Å². The van der Waals surface area contributed by atoms with Crippen LogP contribution in [-0.2, 0) is 11.2 Å². The zero-order valence-electron chi connectivity index (χ0n) is 13.7. The highest BCUT2D eigenvalue weighted by Gasteiger charge is 2.20.